The van der Waals surface area contributed by atoms with Gasteiger partial charge in [-0.3, -0.25) is 4.90 Å². The molecule has 0 aromatic rings. The van der Waals surface area contributed by atoms with E-state index in [2.05, 4.69) is 17.1 Å². The van der Waals surface area contributed by atoms with Gasteiger partial charge in [-0.1, -0.05) is 20.3 Å². The van der Waals surface area contributed by atoms with Gasteiger partial charge in [-0.25, -0.2) is 8.42 Å². The van der Waals surface area contributed by atoms with Crippen molar-refractivity contribution in [3.8, 4) is 0 Å². The van der Waals surface area contributed by atoms with Crippen LogP contribution in [0.3, 0.4) is 0 Å². The molecule has 1 aliphatic heterocycles. The minimum absolute atomic E-state index is 0.254. The molecular formula is C14H28N2O2S2. The average molecular weight is 321 g/mol. The lowest BCUT2D eigenvalue weighted by atomic mass is 10.1. The summed E-state index contributed by atoms with van der Waals surface area (Å²) in [6.45, 7) is 5.81. The van der Waals surface area contributed by atoms with E-state index in [-0.39, 0.29) is 11.1 Å². The van der Waals surface area contributed by atoms with Gasteiger partial charge in [0, 0.05) is 42.4 Å². The normalized spacial score (nSPS) is 26.6. The highest BCUT2D eigenvalue weighted by Gasteiger charge is 2.36. The molecule has 0 spiro atoms. The fourth-order valence-electron chi connectivity index (χ4n) is 2.82. The maximum absolute atomic E-state index is 12.3. The maximum Gasteiger partial charge on any atom is 0.166 e. The highest BCUT2D eigenvalue weighted by molar-refractivity contribution is 8.01. The zero-order valence-electron chi connectivity index (χ0n) is 12.7. The van der Waals surface area contributed by atoms with Crippen LogP contribution in [-0.2, 0) is 9.84 Å². The van der Waals surface area contributed by atoms with Crippen LogP contribution in [0.4, 0.5) is 0 Å². The van der Waals surface area contributed by atoms with Crippen molar-refractivity contribution in [2.75, 3.05) is 30.3 Å². The van der Waals surface area contributed by atoms with Crippen molar-refractivity contribution >= 4 is 21.6 Å². The van der Waals surface area contributed by atoms with E-state index in [0.717, 1.165) is 37.4 Å². The Morgan fingerprint density at radius 2 is 2.10 bits per heavy atom. The van der Waals surface area contributed by atoms with Crippen LogP contribution in [0.25, 0.3) is 0 Å². The molecule has 1 saturated heterocycles. The lowest BCUT2D eigenvalue weighted by Crippen LogP contribution is -2.55. The number of nitrogens with zero attached hydrogens (tertiary/aromatic N) is 1. The van der Waals surface area contributed by atoms with Gasteiger partial charge in [-0.15, -0.1) is 0 Å². The molecule has 2 aliphatic rings. The van der Waals surface area contributed by atoms with E-state index < -0.39 is 9.84 Å². The average Bonchev–Trinajstić information content (AvgIpc) is 3.27. The molecule has 118 valence electrons. The zero-order valence-corrected chi connectivity index (χ0v) is 14.3. The first-order valence-corrected chi connectivity index (χ1v) is 10.7. The summed E-state index contributed by atoms with van der Waals surface area (Å²) in [5.74, 6) is 2.04. The van der Waals surface area contributed by atoms with E-state index in [9.17, 15) is 8.42 Å². The molecule has 1 saturated carbocycles. The molecule has 2 rings (SSSR count). The monoisotopic (exact) mass is 320 g/mol. The van der Waals surface area contributed by atoms with Crippen molar-refractivity contribution in [3.05, 3.63) is 0 Å². The summed E-state index contributed by atoms with van der Waals surface area (Å²) < 4.78 is 24.7. The molecule has 1 heterocycles. The Kier molecular flexibility index (Phi) is 6.20. The van der Waals surface area contributed by atoms with Crippen LogP contribution in [0.15, 0.2) is 0 Å². The predicted octanol–water partition coefficient (Wildman–Crippen LogP) is 1.72. The first-order chi connectivity index (χ1) is 9.58. The largest absolute Gasteiger partial charge is 0.312 e. The topological polar surface area (TPSA) is 49.4 Å². The molecule has 2 unspecified atom stereocenters. The molecule has 6 heteroatoms. The Bertz CT molecular complexity index is 396. The Morgan fingerprint density at radius 1 is 1.35 bits per heavy atom. The summed E-state index contributed by atoms with van der Waals surface area (Å²) in [5.41, 5.74) is 0. The van der Waals surface area contributed by atoms with Crippen LogP contribution in [0.1, 0.15) is 39.5 Å². The standard InChI is InChI=1S/C14H28N2O2S2/c1-3-5-13(10-15-12-6-7-12)16-8-9-19-11-14(16)20(17,18)4-2/h12-15H,3-11H2,1-2H3. The first kappa shape index (κ1) is 16.6. The summed E-state index contributed by atoms with van der Waals surface area (Å²) in [6.07, 6.45) is 4.76. The summed E-state index contributed by atoms with van der Waals surface area (Å²) >= 11 is 1.78. The predicted molar refractivity (Wildman–Crippen MR) is 87.0 cm³/mol. The second-order valence-corrected chi connectivity index (χ2v) is 9.44. The van der Waals surface area contributed by atoms with Gasteiger partial charge in [0.05, 0.1) is 0 Å². The van der Waals surface area contributed by atoms with Crippen molar-refractivity contribution < 1.29 is 8.42 Å². The van der Waals surface area contributed by atoms with Gasteiger partial charge >= 0.3 is 0 Å². The quantitative estimate of drug-likeness (QED) is 0.738. The van der Waals surface area contributed by atoms with E-state index >= 15 is 0 Å². The lowest BCUT2D eigenvalue weighted by Gasteiger charge is -2.40. The lowest BCUT2D eigenvalue weighted by molar-refractivity contribution is 0.177. The molecule has 1 N–H and O–H groups in total. The van der Waals surface area contributed by atoms with Crippen molar-refractivity contribution in [2.45, 2.75) is 57.0 Å². The second-order valence-electron chi connectivity index (χ2n) is 5.84. The highest BCUT2D eigenvalue weighted by atomic mass is 32.2. The van der Waals surface area contributed by atoms with Gasteiger partial charge in [-0.05, 0) is 19.3 Å². The summed E-state index contributed by atoms with van der Waals surface area (Å²) in [7, 11) is -2.98. The molecule has 4 nitrogen and oxygen atoms in total. The first-order valence-electron chi connectivity index (χ1n) is 7.87. The fraction of sp³-hybridized carbons (Fsp3) is 1.00. The van der Waals surface area contributed by atoms with Gasteiger partial charge in [0.1, 0.15) is 5.37 Å². The van der Waals surface area contributed by atoms with Crippen molar-refractivity contribution in [3.63, 3.8) is 0 Å². The molecule has 20 heavy (non-hydrogen) atoms. The van der Waals surface area contributed by atoms with Crippen LogP contribution in [0, 0.1) is 0 Å². The molecule has 0 aromatic heterocycles. The molecule has 2 fully saturated rings. The molecule has 0 amide bonds. The van der Waals surface area contributed by atoms with Crippen LogP contribution < -0.4 is 5.32 Å². The van der Waals surface area contributed by atoms with E-state index in [1.165, 1.54) is 12.8 Å². The number of hydrogen-bond acceptors (Lipinski definition) is 5. The minimum Gasteiger partial charge on any atom is -0.312 e. The molecule has 1 aliphatic carbocycles. The van der Waals surface area contributed by atoms with Crippen molar-refractivity contribution in [2.24, 2.45) is 0 Å². The molecule has 2 atom stereocenters. The number of rotatable bonds is 8. The zero-order chi connectivity index (χ0) is 14.6. The van der Waals surface area contributed by atoms with Gasteiger partial charge in [0.25, 0.3) is 0 Å². The Hall–Kier alpha value is 0.220. The minimum atomic E-state index is -2.98. The van der Waals surface area contributed by atoms with Gasteiger partial charge in [0.2, 0.25) is 0 Å². The Labute approximate surface area is 128 Å². The molecule has 0 radical (unpaired) electrons. The Balaban J connectivity index is 2.05. The number of hydrogen-bond donors (Lipinski definition) is 1. The molecule has 0 bridgehead atoms. The number of thioether (sulfide) groups is 1. The van der Waals surface area contributed by atoms with Crippen LogP contribution in [-0.4, -0.2) is 61.1 Å². The van der Waals surface area contributed by atoms with E-state index in [0.29, 0.717) is 12.1 Å². The SMILES string of the molecule is CCCC(CNC1CC1)N1CCSCC1S(=O)(=O)CC. The van der Waals surface area contributed by atoms with Gasteiger partial charge in [0.15, 0.2) is 9.84 Å². The second kappa shape index (κ2) is 7.47. The summed E-state index contributed by atoms with van der Waals surface area (Å²) in [5, 5.41) is 3.31. The van der Waals surface area contributed by atoms with Crippen molar-refractivity contribution in [1.82, 2.24) is 10.2 Å². The van der Waals surface area contributed by atoms with E-state index in [1.54, 1.807) is 18.7 Å². The summed E-state index contributed by atoms with van der Waals surface area (Å²) in [4.78, 5) is 2.27. The van der Waals surface area contributed by atoms with Gasteiger partial charge in [-0.2, -0.15) is 11.8 Å². The van der Waals surface area contributed by atoms with Crippen LogP contribution in [0.2, 0.25) is 0 Å². The third-order valence-corrected chi connectivity index (χ3v) is 7.56. The third kappa shape index (κ3) is 4.36. The van der Waals surface area contributed by atoms with Crippen LogP contribution in [0.5, 0.6) is 0 Å². The van der Waals surface area contributed by atoms with Gasteiger partial charge < -0.3 is 5.32 Å². The smallest absolute Gasteiger partial charge is 0.166 e. The van der Waals surface area contributed by atoms with E-state index in [4.69, 9.17) is 0 Å². The third-order valence-electron chi connectivity index (χ3n) is 4.25. The molecule has 0 aromatic carbocycles. The summed E-state index contributed by atoms with van der Waals surface area (Å²) in [6, 6.07) is 1.06. The Morgan fingerprint density at radius 3 is 2.70 bits per heavy atom. The fourth-order valence-corrected chi connectivity index (χ4v) is 5.92. The van der Waals surface area contributed by atoms with Crippen LogP contribution >= 0.6 is 11.8 Å². The molecular weight excluding hydrogens is 292 g/mol. The number of sulfone groups is 1. The number of nitrogens with one attached hydrogen (secondary N) is 1. The van der Waals surface area contributed by atoms with E-state index in [1.807, 2.05) is 0 Å². The maximum atomic E-state index is 12.3. The van der Waals surface area contributed by atoms with Crippen molar-refractivity contribution in [1.29, 1.82) is 0 Å². The highest BCUT2D eigenvalue weighted by Crippen LogP contribution is 2.26.